The van der Waals surface area contributed by atoms with Gasteiger partial charge >= 0.3 is 0 Å². The van der Waals surface area contributed by atoms with Gasteiger partial charge in [0.1, 0.15) is 0 Å². The molecule has 0 unspecified atom stereocenters. The third-order valence-corrected chi connectivity index (χ3v) is 1.53. The van der Waals surface area contributed by atoms with Gasteiger partial charge < -0.3 is 5.32 Å². The molecule has 0 saturated carbocycles. The molecule has 0 aromatic heterocycles. The predicted molar refractivity (Wildman–Crippen MR) is 41.4 cm³/mol. The van der Waals surface area contributed by atoms with Crippen LogP contribution in [0.1, 0.15) is 19.8 Å². The maximum Gasteiger partial charge on any atom is 0.0934 e. The molecule has 0 spiro atoms. The highest BCUT2D eigenvalue weighted by Gasteiger charge is 2.10. The molecule has 1 aliphatic heterocycles. The first-order valence-corrected chi connectivity index (χ1v) is 3.10. The van der Waals surface area contributed by atoms with Crippen molar-refractivity contribution in [3.63, 3.8) is 0 Å². The molecule has 2 N–H and O–H groups in total. The summed E-state index contributed by atoms with van der Waals surface area (Å²) in [4.78, 5) is 0. The number of piperidine rings is 1. The van der Waals surface area contributed by atoms with Crippen LogP contribution in [0.15, 0.2) is 0 Å². The van der Waals surface area contributed by atoms with Crippen LogP contribution in [0.3, 0.4) is 0 Å². The summed E-state index contributed by atoms with van der Waals surface area (Å²) in [5.41, 5.74) is 0. The largest absolute Gasteiger partial charge is 0.374 e. The van der Waals surface area contributed by atoms with Gasteiger partial charge in [-0.1, -0.05) is 6.92 Å². The third kappa shape index (κ3) is 2.70. The van der Waals surface area contributed by atoms with Crippen LogP contribution >= 0.6 is 12.4 Å². The minimum atomic E-state index is 0. The molecule has 0 aliphatic carbocycles. The second-order valence-electron chi connectivity index (χ2n) is 2.50. The molecule has 1 rings (SSSR count). The van der Waals surface area contributed by atoms with Gasteiger partial charge in [-0.05, 0) is 12.3 Å². The van der Waals surface area contributed by atoms with E-state index in [9.17, 15) is 0 Å². The van der Waals surface area contributed by atoms with Gasteiger partial charge in [-0.15, -0.1) is 12.4 Å². The molecule has 1 heterocycles. The van der Waals surface area contributed by atoms with Gasteiger partial charge in [0, 0.05) is 13.0 Å². The highest BCUT2D eigenvalue weighted by Crippen LogP contribution is 2.09. The van der Waals surface area contributed by atoms with Crippen LogP contribution in [-0.2, 0) is 0 Å². The monoisotopic (exact) mass is 148 g/mol. The van der Waals surface area contributed by atoms with Crippen LogP contribution in [0.5, 0.6) is 0 Å². The molecule has 1 saturated heterocycles. The first kappa shape index (κ1) is 8.76. The Morgan fingerprint density at radius 2 is 2.33 bits per heavy atom. The molecular formula is C6H13ClN2. The van der Waals surface area contributed by atoms with Crippen molar-refractivity contribution in [2.75, 3.05) is 6.54 Å². The fourth-order valence-electron chi connectivity index (χ4n) is 0.992. The molecule has 9 heavy (non-hydrogen) atoms. The summed E-state index contributed by atoms with van der Waals surface area (Å²) in [6, 6.07) is 0. The number of amidine groups is 1. The Labute approximate surface area is 61.9 Å². The summed E-state index contributed by atoms with van der Waals surface area (Å²) in [6.07, 6.45) is 2.17. The second kappa shape index (κ2) is 3.72. The second-order valence-corrected chi connectivity index (χ2v) is 2.50. The molecule has 0 bridgehead atoms. The van der Waals surface area contributed by atoms with E-state index in [4.69, 9.17) is 5.41 Å². The van der Waals surface area contributed by atoms with Gasteiger partial charge in [-0.25, -0.2) is 0 Å². The van der Waals surface area contributed by atoms with Crippen molar-refractivity contribution in [2.24, 2.45) is 5.92 Å². The van der Waals surface area contributed by atoms with Crippen molar-refractivity contribution in [3.8, 4) is 0 Å². The molecule has 2 nitrogen and oxygen atoms in total. The molecule has 0 amide bonds. The lowest BCUT2D eigenvalue weighted by molar-refractivity contribution is 0.504. The van der Waals surface area contributed by atoms with Crippen molar-refractivity contribution < 1.29 is 0 Å². The smallest absolute Gasteiger partial charge is 0.0934 e. The van der Waals surface area contributed by atoms with Crippen molar-refractivity contribution in [2.45, 2.75) is 19.8 Å². The van der Waals surface area contributed by atoms with Crippen LogP contribution in [0.2, 0.25) is 0 Å². The summed E-state index contributed by atoms with van der Waals surface area (Å²) < 4.78 is 0. The zero-order chi connectivity index (χ0) is 5.98. The van der Waals surface area contributed by atoms with Crippen LogP contribution < -0.4 is 5.32 Å². The van der Waals surface area contributed by atoms with Gasteiger partial charge in [0.15, 0.2) is 0 Å². The van der Waals surface area contributed by atoms with Gasteiger partial charge in [0.05, 0.1) is 5.84 Å². The highest BCUT2D eigenvalue weighted by atomic mass is 35.5. The van der Waals surface area contributed by atoms with E-state index >= 15 is 0 Å². The number of nitrogens with one attached hydrogen (secondary N) is 2. The maximum atomic E-state index is 7.21. The normalized spacial score (nSPS) is 26.3. The summed E-state index contributed by atoms with van der Waals surface area (Å²) >= 11 is 0. The minimum absolute atomic E-state index is 0. The predicted octanol–water partition coefficient (Wildman–Crippen LogP) is 1.40. The van der Waals surface area contributed by atoms with Crippen molar-refractivity contribution >= 4 is 18.2 Å². The maximum absolute atomic E-state index is 7.21. The Hall–Kier alpha value is -0.240. The molecule has 1 fully saturated rings. The van der Waals surface area contributed by atoms with Crippen LogP contribution in [-0.4, -0.2) is 12.4 Å². The first-order chi connectivity index (χ1) is 3.79. The average Bonchev–Trinajstić information content (AvgIpc) is 1.64. The molecular weight excluding hydrogens is 136 g/mol. The number of rotatable bonds is 0. The quantitative estimate of drug-likeness (QED) is 0.536. The molecule has 0 radical (unpaired) electrons. The Morgan fingerprint density at radius 3 is 2.67 bits per heavy atom. The molecule has 0 aromatic rings. The van der Waals surface area contributed by atoms with Gasteiger partial charge in [0.2, 0.25) is 0 Å². The molecule has 1 aliphatic rings. The lowest BCUT2D eigenvalue weighted by Gasteiger charge is -2.19. The number of hydrogen-bond acceptors (Lipinski definition) is 1. The van der Waals surface area contributed by atoms with E-state index in [2.05, 4.69) is 12.2 Å². The highest BCUT2D eigenvalue weighted by molar-refractivity contribution is 5.85. The summed E-state index contributed by atoms with van der Waals surface area (Å²) in [6.45, 7) is 3.19. The third-order valence-electron chi connectivity index (χ3n) is 1.53. The zero-order valence-corrected chi connectivity index (χ0v) is 6.42. The Balaban J connectivity index is 0.000000640. The van der Waals surface area contributed by atoms with E-state index in [1.165, 1.54) is 6.42 Å². The number of halogens is 1. The summed E-state index contributed by atoms with van der Waals surface area (Å²) in [5.74, 6) is 1.44. The van der Waals surface area contributed by atoms with E-state index in [1.54, 1.807) is 0 Å². The lowest BCUT2D eigenvalue weighted by atomic mass is 10.0. The fourth-order valence-corrected chi connectivity index (χ4v) is 0.992. The molecule has 3 heteroatoms. The van der Waals surface area contributed by atoms with Crippen LogP contribution in [0.4, 0.5) is 0 Å². The Morgan fingerprint density at radius 1 is 1.67 bits per heavy atom. The first-order valence-electron chi connectivity index (χ1n) is 3.10. The fraction of sp³-hybridized carbons (Fsp3) is 0.833. The van der Waals surface area contributed by atoms with Crippen LogP contribution in [0, 0.1) is 11.3 Å². The van der Waals surface area contributed by atoms with Gasteiger partial charge in [-0.2, -0.15) is 0 Å². The van der Waals surface area contributed by atoms with Crippen LogP contribution in [0.25, 0.3) is 0 Å². The summed E-state index contributed by atoms with van der Waals surface area (Å²) in [7, 11) is 0. The van der Waals surface area contributed by atoms with Crippen molar-refractivity contribution in [1.29, 1.82) is 5.41 Å². The average molecular weight is 149 g/mol. The molecule has 0 aromatic carbocycles. The minimum Gasteiger partial charge on any atom is -0.374 e. The lowest BCUT2D eigenvalue weighted by Crippen LogP contribution is -2.31. The zero-order valence-electron chi connectivity index (χ0n) is 5.61. The van der Waals surface area contributed by atoms with Gasteiger partial charge in [0.25, 0.3) is 0 Å². The number of hydrogen-bond donors (Lipinski definition) is 2. The van der Waals surface area contributed by atoms with E-state index in [0.717, 1.165) is 18.9 Å². The van der Waals surface area contributed by atoms with Crippen molar-refractivity contribution in [1.82, 2.24) is 5.32 Å². The standard InChI is InChI=1S/C6H12N2.ClH/c1-5-2-3-8-6(7)4-5;/h5H,2-4H2,1H3,(H2,7,8);1H/t5-;/m1./s1. The van der Waals surface area contributed by atoms with E-state index < -0.39 is 0 Å². The van der Waals surface area contributed by atoms with E-state index in [1.807, 2.05) is 0 Å². The molecule has 54 valence electrons. The Bertz CT molecular complexity index is 103. The van der Waals surface area contributed by atoms with E-state index in [0.29, 0.717) is 5.84 Å². The van der Waals surface area contributed by atoms with E-state index in [-0.39, 0.29) is 12.4 Å². The van der Waals surface area contributed by atoms with Gasteiger partial charge in [-0.3, -0.25) is 5.41 Å². The Kier molecular flexibility index (Phi) is 3.62. The molecule has 1 atom stereocenters. The SMILES string of the molecule is C[C@@H]1CCNC(=N)C1.Cl. The topological polar surface area (TPSA) is 35.9 Å². The summed E-state index contributed by atoms with van der Waals surface area (Å²) in [5, 5.41) is 10.2. The van der Waals surface area contributed by atoms with Crippen molar-refractivity contribution in [3.05, 3.63) is 0 Å².